The monoisotopic (exact) mass is 478 g/mol. The number of carbonyl (C=O) groups is 1. The van der Waals surface area contributed by atoms with Gasteiger partial charge in [-0.15, -0.1) is 0 Å². The summed E-state index contributed by atoms with van der Waals surface area (Å²) in [5.74, 6) is 2.70. The van der Waals surface area contributed by atoms with Gasteiger partial charge >= 0.3 is 5.97 Å². The number of carboxylic acid groups (broad SMARTS) is 1. The molecule has 4 aliphatic carbocycles. The van der Waals surface area contributed by atoms with Gasteiger partial charge in [-0.05, 0) is 118 Å². The van der Waals surface area contributed by atoms with Gasteiger partial charge in [0.1, 0.15) is 0 Å². The molecule has 0 aromatic heterocycles. The molecule has 4 aliphatic rings. The molecule has 0 aliphatic heterocycles. The van der Waals surface area contributed by atoms with Crippen LogP contribution in [0.2, 0.25) is 0 Å². The molecule has 196 valence electrons. The van der Waals surface area contributed by atoms with Gasteiger partial charge in [0.05, 0.1) is 31.5 Å². The van der Waals surface area contributed by atoms with Crippen LogP contribution in [0.4, 0.5) is 0 Å². The van der Waals surface area contributed by atoms with Gasteiger partial charge in [-0.2, -0.15) is 0 Å². The van der Waals surface area contributed by atoms with Gasteiger partial charge in [-0.1, -0.05) is 20.8 Å². The van der Waals surface area contributed by atoms with E-state index < -0.39 is 5.97 Å². The molecular weight excluding hydrogens is 428 g/mol. The molecule has 0 saturated heterocycles. The van der Waals surface area contributed by atoms with Gasteiger partial charge in [0.2, 0.25) is 0 Å². The van der Waals surface area contributed by atoms with Gasteiger partial charge < -0.3 is 19.7 Å². The van der Waals surface area contributed by atoms with Crippen molar-refractivity contribution >= 4 is 5.97 Å². The van der Waals surface area contributed by atoms with Crippen LogP contribution in [0.15, 0.2) is 0 Å². The molecular formula is C29H50O5. The number of fused-ring (bicyclic) bond motifs is 5. The van der Waals surface area contributed by atoms with Crippen molar-refractivity contribution in [2.45, 2.75) is 117 Å². The largest absolute Gasteiger partial charge is 0.481 e. The summed E-state index contributed by atoms with van der Waals surface area (Å²) in [6.07, 6.45) is 10.7. The van der Waals surface area contributed by atoms with Crippen LogP contribution in [0.25, 0.3) is 0 Å². The molecule has 4 rings (SSSR count). The zero-order valence-corrected chi connectivity index (χ0v) is 22.3. The molecule has 4 fully saturated rings. The third-order valence-electron chi connectivity index (χ3n) is 11.2. The molecule has 2 N–H and O–H groups in total. The maximum absolute atomic E-state index is 11.7. The van der Waals surface area contributed by atoms with Crippen LogP contribution >= 0.6 is 0 Å². The topological polar surface area (TPSA) is 76.0 Å². The summed E-state index contributed by atoms with van der Waals surface area (Å²) in [5, 5.41) is 20.8. The van der Waals surface area contributed by atoms with Crippen molar-refractivity contribution in [3.63, 3.8) is 0 Å². The highest BCUT2D eigenvalue weighted by Crippen LogP contribution is 2.68. The molecule has 5 heteroatoms. The van der Waals surface area contributed by atoms with Crippen molar-refractivity contribution in [2.75, 3.05) is 13.2 Å². The Labute approximate surface area is 207 Å². The number of carboxylic acids is 1. The predicted molar refractivity (Wildman–Crippen MR) is 133 cm³/mol. The van der Waals surface area contributed by atoms with Crippen molar-refractivity contribution < 1.29 is 24.5 Å². The second-order valence-corrected chi connectivity index (χ2v) is 13.1. The Morgan fingerprint density at radius 3 is 2.47 bits per heavy atom. The lowest BCUT2D eigenvalue weighted by atomic mass is 9.43. The molecule has 5 nitrogen and oxygen atoms in total. The van der Waals surface area contributed by atoms with E-state index in [1.54, 1.807) is 0 Å². The van der Waals surface area contributed by atoms with E-state index in [2.05, 4.69) is 34.6 Å². The van der Waals surface area contributed by atoms with Crippen LogP contribution < -0.4 is 0 Å². The highest BCUT2D eigenvalue weighted by Gasteiger charge is 2.63. The Balaban J connectivity index is 1.41. The first-order valence-corrected chi connectivity index (χ1v) is 14.2. The van der Waals surface area contributed by atoms with E-state index >= 15 is 0 Å². The minimum Gasteiger partial charge on any atom is -0.481 e. The number of hydrogen-bond acceptors (Lipinski definition) is 4. The fourth-order valence-electron chi connectivity index (χ4n) is 9.35. The van der Waals surface area contributed by atoms with E-state index in [9.17, 15) is 15.0 Å². The molecule has 0 heterocycles. The molecule has 34 heavy (non-hydrogen) atoms. The fourth-order valence-corrected chi connectivity index (χ4v) is 9.35. The van der Waals surface area contributed by atoms with Crippen molar-refractivity contribution in [1.82, 2.24) is 0 Å². The molecule has 0 aromatic carbocycles. The maximum atomic E-state index is 11.7. The van der Waals surface area contributed by atoms with Crippen LogP contribution in [-0.4, -0.2) is 47.7 Å². The van der Waals surface area contributed by atoms with Crippen LogP contribution in [0.1, 0.15) is 98.8 Å². The number of hydrogen-bond donors (Lipinski definition) is 2. The third kappa shape index (κ3) is 4.83. The lowest BCUT2D eigenvalue weighted by Crippen LogP contribution is -2.59. The average molecular weight is 479 g/mol. The van der Waals surface area contributed by atoms with E-state index in [1.165, 1.54) is 25.7 Å². The molecule has 10 atom stereocenters. The van der Waals surface area contributed by atoms with Gasteiger partial charge in [-0.25, -0.2) is 0 Å². The number of aliphatic carboxylic acids is 1. The van der Waals surface area contributed by atoms with Gasteiger partial charge in [-0.3, -0.25) is 4.79 Å². The Hall–Kier alpha value is -0.650. The van der Waals surface area contributed by atoms with Crippen LogP contribution in [0, 0.1) is 46.3 Å². The Morgan fingerprint density at radius 2 is 1.76 bits per heavy atom. The Bertz CT molecular complexity index is 709. The highest BCUT2D eigenvalue weighted by atomic mass is 16.5. The molecule has 0 unspecified atom stereocenters. The molecule has 0 aromatic rings. The first-order valence-electron chi connectivity index (χ1n) is 14.2. The first kappa shape index (κ1) is 26.4. The van der Waals surface area contributed by atoms with Gasteiger partial charge in [0, 0.05) is 6.42 Å². The summed E-state index contributed by atoms with van der Waals surface area (Å²) in [5.41, 5.74) is 0.255. The SMILES string of the molecule is CC(C)OCCO[C@@H]1CC[C@@]2(C)[C@H](CC[C@@H]3[C@@H]2C[C@H](O)[C@]2(C)[C@@H]([C@H](C)CCC(=O)O)CC[C@@H]32)C1. The highest BCUT2D eigenvalue weighted by molar-refractivity contribution is 5.66. The van der Waals surface area contributed by atoms with Crippen molar-refractivity contribution in [3.05, 3.63) is 0 Å². The van der Waals surface area contributed by atoms with E-state index in [1.807, 2.05) is 0 Å². The third-order valence-corrected chi connectivity index (χ3v) is 11.2. The summed E-state index contributed by atoms with van der Waals surface area (Å²) in [6, 6.07) is 0. The second kappa shape index (κ2) is 10.4. The number of rotatable bonds is 9. The standard InChI is InChI=1S/C29H50O5/c1-18(2)33-14-15-34-21-12-13-28(4)20(16-21)7-8-22-24-10-9-23(19(3)6-11-27(31)32)29(24,5)26(30)17-25(22)28/h18-26,30H,6-17H2,1-5H3,(H,31,32)/t19-,20-,21-,22+,23-,24+,25+,26+,28+,29-/m1/s1. The Morgan fingerprint density at radius 1 is 1.00 bits per heavy atom. The van der Waals surface area contributed by atoms with Crippen LogP contribution in [0.3, 0.4) is 0 Å². The van der Waals surface area contributed by atoms with Crippen molar-refractivity contribution in [1.29, 1.82) is 0 Å². The maximum Gasteiger partial charge on any atom is 0.303 e. The molecule has 0 bridgehead atoms. The van der Waals surface area contributed by atoms with Gasteiger partial charge in [0.15, 0.2) is 0 Å². The fraction of sp³-hybridized carbons (Fsp3) is 0.966. The summed E-state index contributed by atoms with van der Waals surface area (Å²) < 4.78 is 11.9. The molecule has 0 amide bonds. The van der Waals surface area contributed by atoms with E-state index in [4.69, 9.17) is 9.47 Å². The number of aliphatic hydroxyl groups excluding tert-OH is 1. The summed E-state index contributed by atoms with van der Waals surface area (Å²) >= 11 is 0. The first-order chi connectivity index (χ1) is 16.1. The smallest absolute Gasteiger partial charge is 0.303 e. The second-order valence-electron chi connectivity index (χ2n) is 13.1. The molecule has 4 saturated carbocycles. The predicted octanol–water partition coefficient (Wildman–Crippen LogP) is 5.93. The Kier molecular flexibility index (Phi) is 8.06. The molecule has 0 radical (unpaired) electrons. The van der Waals surface area contributed by atoms with Crippen LogP contribution in [0.5, 0.6) is 0 Å². The number of ether oxygens (including phenoxy) is 2. The zero-order chi connectivity index (χ0) is 24.7. The quantitative estimate of drug-likeness (QED) is 0.402. The lowest BCUT2D eigenvalue weighted by molar-refractivity contribution is -0.178. The van der Waals surface area contributed by atoms with Gasteiger partial charge in [0.25, 0.3) is 0 Å². The summed E-state index contributed by atoms with van der Waals surface area (Å²) in [6.45, 7) is 12.6. The van der Waals surface area contributed by atoms with E-state index in [0.717, 1.165) is 32.1 Å². The number of aliphatic hydroxyl groups is 1. The van der Waals surface area contributed by atoms with E-state index in [0.29, 0.717) is 60.2 Å². The summed E-state index contributed by atoms with van der Waals surface area (Å²) in [4.78, 5) is 11.2. The van der Waals surface area contributed by atoms with Crippen LogP contribution in [-0.2, 0) is 14.3 Å². The normalized spacial score (nSPS) is 44.9. The lowest BCUT2D eigenvalue weighted by Gasteiger charge is -2.62. The minimum absolute atomic E-state index is 0.0565. The average Bonchev–Trinajstić information content (AvgIpc) is 3.14. The zero-order valence-electron chi connectivity index (χ0n) is 22.3. The van der Waals surface area contributed by atoms with Crippen molar-refractivity contribution in [2.24, 2.45) is 46.3 Å². The van der Waals surface area contributed by atoms with E-state index in [-0.39, 0.29) is 24.0 Å². The van der Waals surface area contributed by atoms with Crippen molar-refractivity contribution in [3.8, 4) is 0 Å². The summed E-state index contributed by atoms with van der Waals surface area (Å²) in [7, 11) is 0. The minimum atomic E-state index is -0.700. The molecule has 0 spiro atoms.